The van der Waals surface area contributed by atoms with Gasteiger partial charge in [0.25, 0.3) is 0 Å². The Bertz CT molecular complexity index is 689. The lowest BCUT2D eigenvalue weighted by molar-refractivity contribution is 1.20. The first-order valence-corrected chi connectivity index (χ1v) is 4.64. The molecule has 0 aliphatic rings. The molecule has 3 aromatic heterocycles. The van der Waals surface area contributed by atoms with E-state index in [1.165, 1.54) is 0 Å². The van der Waals surface area contributed by atoms with Gasteiger partial charge in [-0.05, 0) is 24.3 Å². The molecule has 0 aliphatic carbocycles. The third kappa shape index (κ3) is 1.02. The summed E-state index contributed by atoms with van der Waals surface area (Å²) >= 11 is 0. The maximum atomic E-state index is 9.05. The van der Waals surface area contributed by atoms with Crippen LogP contribution in [0.1, 0.15) is 5.56 Å². The Hall–Kier alpha value is -2.34. The summed E-state index contributed by atoms with van der Waals surface area (Å²) in [5, 5.41) is 9.97. The second-order valence-electron chi connectivity index (χ2n) is 3.35. The van der Waals surface area contributed by atoms with Gasteiger partial charge in [0, 0.05) is 24.0 Å². The lowest BCUT2D eigenvalue weighted by atomic mass is 10.1. The molecular formula is C12H7N3. The Labute approximate surface area is 86.2 Å². The summed E-state index contributed by atoms with van der Waals surface area (Å²) in [4.78, 5) is 4.26. The van der Waals surface area contributed by atoms with Crippen LogP contribution < -0.4 is 0 Å². The number of hydrogen-bond donors (Lipinski definition) is 0. The second-order valence-corrected chi connectivity index (χ2v) is 3.35. The number of hydrogen-bond acceptors (Lipinski definition) is 2. The summed E-state index contributed by atoms with van der Waals surface area (Å²) in [7, 11) is 0. The van der Waals surface area contributed by atoms with Crippen molar-refractivity contribution >= 4 is 16.4 Å². The molecule has 0 atom stereocenters. The predicted octanol–water partition coefficient (Wildman–Crippen LogP) is 2.36. The molecule has 15 heavy (non-hydrogen) atoms. The molecule has 0 saturated heterocycles. The number of fused-ring (bicyclic) bond motifs is 3. The summed E-state index contributed by atoms with van der Waals surface area (Å²) in [5.41, 5.74) is 2.56. The van der Waals surface area contributed by atoms with Gasteiger partial charge in [-0.2, -0.15) is 5.26 Å². The molecule has 0 fully saturated rings. The van der Waals surface area contributed by atoms with Crippen molar-refractivity contribution in [1.29, 1.82) is 5.26 Å². The zero-order valence-electron chi connectivity index (χ0n) is 7.88. The van der Waals surface area contributed by atoms with Crippen molar-refractivity contribution in [3.05, 3.63) is 48.4 Å². The third-order valence-electron chi connectivity index (χ3n) is 2.53. The second kappa shape index (κ2) is 2.82. The molecule has 0 aromatic carbocycles. The van der Waals surface area contributed by atoms with Crippen molar-refractivity contribution in [2.45, 2.75) is 0 Å². The van der Waals surface area contributed by atoms with Gasteiger partial charge in [-0.1, -0.05) is 0 Å². The molecule has 3 nitrogen and oxygen atoms in total. The minimum absolute atomic E-state index is 0.671. The van der Waals surface area contributed by atoms with E-state index in [2.05, 4.69) is 11.1 Å². The molecule has 3 rings (SSSR count). The number of rotatable bonds is 0. The van der Waals surface area contributed by atoms with E-state index in [1.54, 1.807) is 12.3 Å². The highest BCUT2D eigenvalue weighted by molar-refractivity contribution is 5.97. The Kier molecular flexibility index (Phi) is 1.51. The third-order valence-corrected chi connectivity index (χ3v) is 2.53. The quantitative estimate of drug-likeness (QED) is 0.550. The zero-order valence-corrected chi connectivity index (χ0v) is 7.88. The smallest absolute Gasteiger partial charge is 0.1000 e. The highest BCUT2D eigenvalue weighted by Crippen LogP contribution is 2.21. The van der Waals surface area contributed by atoms with E-state index in [4.69, 9.17) is 5.26 Å². The van der Waals surface area contributed by atoms with E-state index in [-0.39, 0.29) is 0 Å². The van der Waals surface area contributed by atoms with Crippen LogP contribution in [0, 0.1) is 11.3 Å². The Balaban J connectivity index is 2.66. The maximum Gasteiger partial charge on any atom is 0.1000 e. The van der Waals surface area contributed by atoms with Crippen LogP contribution in [-0.2, 0) is 0 Å². The summed E-state index contributed by atoms with van der Waals surface area (Å²) in [5.74, 6) is 0. The Morgan fingerprint density at radius 3 is 3.00 bits per heavy atom. The van der Waals surface area contributed by atoms with E-state index in [9.17, 15) is 0 Å². The molecule has 3 heteroatoms. The van der Waals surface area contributed by atoms with Crippen LogP contribution in [-0.4, -0.2) is 9.38 Å². The van der Waals surface area contributed by atoms with E-state index >= 15 is 0 Å². The van der Waals surface area contributed by atoms with Gasteiger partial charge in [-0.3, -0.25) is 4.98 Å². The van der Waals surface area contributed by atoms with Crippen LogP contribution in [0.5, 0.6) is 0 Å². The topological polar surface area (TPSA) is 41.1 Å². The summed E-state index contributed by atoms with van der Waals surface area (Å²) in [6, 6.07) is 9.82. The molecule has 0 amide bonds. The van der Waals surface area contributed by atoms with Gasteiger partial charge in [0.15, 0.2) is 0 Å². The fourth-order valence-electron chi connectivity index (χ4n) is 1.85. The van der Waals surface area contributed by atoms with Crippen LogP contribution in [0.15, 0.2) is 42.9 Å². The number of aromatic nitrogens is 2. The standard InChI is InChI=1S/C12H7N3/c13-8-9-3-5-14-10-4-7-15-6-1-2-11(15)12(9)10/h1-7H. The van der Waals surface area contributed by atoms with Gasteiger partial charge in [-0.15, -0.1) is 0 Å². The van der Waals surface area contributed by atoms with Gasteiger partial charge in [0.05, 0.1) is 22.7 Å². The van der Waals surface area contributed by atoms with Crippen LogP contribution >= 0.6 is 0 Å². The van der Waals surface area contributed by atoms with Gasteiger partial charge in [-0.25, -0.2) is 0 Å². The van der Waals surface area contributed by atoms with Gasteiger partial charge >= 0.3 is 0 Å². The minimum atomic E-state index is 0.671. The average Bonchev–Trinajstić information content (AvgIpc) is 2.76. The van der Waals surface area contributed by atoms with Gasteiger partial charge in [0.1, 0.15) is 0 Å². The molecule has 0 saturated carbocycles. The van der Waals surface area contributed by atoms with E-state index in [0.717, 1.165) is 16.4 Å². The molecule has 70 valence electrons. The predicted molar refractivity (Wildman–Crippen MR) is 57.4 cm³/mol. The highest BCUT2D eigenvalue weighted by Gasteiger charge is 2.05. The largest absolute Gasteiger partial charge is 0.323 e. The summed E-state index contributed by atoms with van der Waals surface area (Å²) in [6.45, 7) is 0. The number of pyridine rings is 2. The van der Waals surface area contributed by atoms with Crippen LogP contribution in [0.4, 0.5) is 0 Å². The molecule has 0 N–H and O–H groups in total. The molecule has 0 aliphatic heterocycles. The molecule has 0 spiro atoms. The minimum Gasteiger partial charge on any atom is -0.323 e. The highest BCUT2D eigenvalue weighted by atomic mass is 14.9. The lowest BCUT2D eigenvalue weighted by Crippen LogP contribution is -1.88. The molecule has 0 radical (unpaired) electrons. The molecule has 0 bridgehead atoms. The molecule has 0 unspecified atom stereocenters. The van der Waals surface area contributed by atoms with Crippen LogP contribution in [0.2, 0.25) is 0 Å². The van der Waals surface area contributed by atoms with Crippen molar-refractivity contribution in [2.24, 2.45) is 0 Å². The molecule has 3 heterocycles. The Morgan fingerprint density at radius 1 is 1.20 bits per heavy atom. The lowest BCUT2D eigenvalue weighted by Gasteiger charge is -2.02. The normalized spacial score (nSPS) is 10.6. The summed E-state index contributed by atoms with van der Waals surface area (Å²) < 4.78 is 1.99. The van der Waals surface area contributed by atoms with Crippen molar-refractivity contribution < 1.29 is 0 Å². The number of nitriles is 1. The fourth-order valence-corrected chi connectivity index (χ4v) is 1.85. The van der Waals surface area contributed by atoms with E-state index in [0.29, 0.717) is 5.56 Å². The first-order valence-electron chi connectivity index (χ1n) is 4.64. The SMILES string of the molecule is N#Cc1ccnc2ccn3cccc3c12. The first-order chi connectivity index (χ1) is 7.40. The monoisotopic (exact) mass is 193 g/mol. The summed E-state index contributed by atoms with van der Waals surface area (Å²) in [6.07, 6.45) is 5.58. The average molecular weight is 193 g/mol. The Morgan fingerprint density at radius 2 is 2.13 bits per heavy atom. The molecule has 3 aromatic rings. The number of nitrogens with zero attached hydrogens (tertiary/aromatic N) is 3. The zero-order chi connectivity index (χ0) is 10.3. The van der Waals surface area contributed by atoms with Crippen molar-refractivity contribution in [2.75, 3.05) is 0 Å². The van der Waals surface area contributed by atoms with Crippen LogP contribution in [0.3, 0.4) is 0 Å². The maximum absolute atomic E-state index is 9.05. The van der Waals surface area contributed by atoms with Gasteiger partial charge in [0.2, 0.25) is 0 Å². The fraction of sp³-hybridized carbons (Fsp3) is 0. The van der Waals surface area contributed by atoms with Gasteiger partial charge < -0.3 is 4.40 Å². The molecular weight excluding hydrogens is 186 g/mol. The van der Waals surface area contributed by atoms with E-state index < -0.39 is 0 Å². The van der Waals surface area contributed by atoms with Crippen molar-refractivity contribution in [3.8, 4) is 6.07 Å². The van der Waals surface area contributed by atoms with E-state index in [1.807, 2.05) is 35.0 Å². The van der Waals surface area contributed by atoms with Crippen molar-refractivity contribution in [3.63, 3.8) is 0 Å². The van der Waals surface area contributed by atoms with Crippen molar-refractivity contribution in [1.82, 2.24) is 9.38 Å². The first kappa shape index (κ1) is 8.01. The van der Waals surface area contributed by atoms with Crippen LogP contribution in [0.25, 0.3) is 16.4 Å².